The monoisotopic (exact) mass is 293 g/mol. The van der Waals surface area contributed by atoms with E-state index in [1.54, 1.807) is 31.2 Å². The third-order valence-corrected chi connectivity index (χ3v) is 2.95. The number of likely N-dealkylation sites (N-methyl/N-ethyl adjacent to an activating group) is 1. The van der Waals surface area contributed by atoms with Crippen molar-refractivity contribution in [3.63, 3.8) is 0 Å². The number of aliphatic carboxylic acids is 1. The smallest absolute Gasteiger partial charge is 0.305 e. The first kappa shape index (κ1) is 16.7. The third-order valence-electron chi connectivity index (χ3n) is 2.95. The van der Waals surface area contributed by atoms with Crippen molar-refractivity contribution in [2.45, 2.75) is 19.8 Å². The quantitative estimate of drug-likeness (QED) is 0.736. The summed E-state index contributed by atoms with van der Waals surface area (Å²) >= 11 is 0. The normalized spacial score (nSPS) is 10.0. The minimum Gasteiger partial charge on any atom is -0.484 e. The summed E-state index contributed by atoms with van der Waals surface area (Å²) in [4.78, 5) is 34.9. The minimum absolute atomic E-state index is 0.0473. The highest BCUT2D eigenvalue weighted by atomic mass is 16.5. The number of benzene rings is 1. The van der Waals surface area contributed by atoms with Crippen LogP contribution in [-0.4, -0.2) is 47.9 Å². The Morgan fingerprint density at radius 2 is 1.81 bits per heavy atom. The number of hydrogen-bond acceptors (Lipinski definition) is 4. The molecule has 1 N–H and O–H groups in total. The number of Topliss-reactive ketones (excluding diaryl/α,β-unsaturated/α-hetero) is 1. The average molecular weight is 293 g/mol. The fourth-order valence-electron chi connectivity index (χ4n) is 1.58. The minimum atomic E-state index is -0.952. The zero-order valence-electron chi connectivity index (χ0n) is 12.2. The first-order valence-electron chi connectivity index (χ1n) is 6.65. The molecule has 1 aromatic rings. The lowest BCUT2D eigenvalue weighted by molar-refractivity contribution is -0.138. The largest absolute Gasteiger partial charge is 0.484 e. The van der Waals surface area contributed by atoms with Gasteiger partial charge in [0.15, 0.2) is 12.4 Å². The van der Waals surface area contributed by atoms with E-state index >= 15 is 0 Å². The number of hydrogen-bond donors (Lipinski definition) is 1. The van der Waals surface area contributed by atoms with Gasteiger partial charge in [0.05, 0.1) is 6.42 Å². The summed E-state index contributed by atoms with van der Waals surface area (Å²) < 4.78 is 5.31. The Bertz CT molecular complexity index is 509. The fraction of sp³-hybridized carbons (Fsp3) is 0.400. The number of carbonyl (C=O) groups is 3. The Labute approximate surface area is 123 Å². The predicted octanol–water partition coefficient (Wildman–Crippen LogP) is 1.59. The van der Waals surface area contributed by atoms with Crippen LogP contribution in [0.2, 0.25) is 0 Å². The van der Waals surface area contributed by atoms with E-state index in [-0.39, 0.29) is 31.3 Å². The second kappa shape index (κ2) is 8.04. The van der Waals surface area contributed by atoms with Crippen molar-refractivity contribution in [1.82, 2.24) is 4.90 Å². The first-order chi connectivity index (χ1) is 9.93. The molecule has 0 saturated heterocycles. The highest BCUT2D eigenvalue weighted by Crippen LogP contribution is 2.13. The molecule has 0 aliphatic rings. The van der Waals surface area contributed by atoms with Crippen LogP contribution in [0.4, 0.5) is 0 Å². The number of amides is 1. The number of carboxylic acid groups (broad SMARTS) is 1. The number of rotatable bonds is 8. The van der Waals surface area contributed by atoms with E-state index in [2.05, 4.69) is 0 Å². The van der Waals surface area contributed by atoms with Crippen molar-refractivity contribution in [3.05, 3.63) is 29.8 Å². The van der Waals surface area contributed by atoms with Crippen LogP contribution in [0.3, 0.4) is 0 Å². The lowest BCUT2D eigenvalue weighted by Crippen LogP contribution is -2.33. The summed E-state index contributed by atoms with van der Waals surface area (Å²) in [5, 5.41) is 8.55. The first-order valence-corrected chi connectivity index (χ1v) is 6.65. The molecule has 114 valence electrons. The van der Waals surface area contributed by atoms with E-state index in [0.29, 0.717) is 17.7 Å². The molecule has 0 aliphatic carbocycles. The van der Waals surface area contributed by atoms with Crippen LogP contribution in [0.5, 0.6) is 5.75 Å². The lowest BCUT2D eigenvalue weighted by Gasteiger charge is -2.16. The van der Waals surface area contributed by atoms with Gasteiger partial charge in [-0.05, 0) is 24.3 Å². The second-order valence-electron chi connectivity index (χ2n) is 4.55. The summed E-state index contributed by atoms with van der Waals surface area (Å²) in [5.74, 6) is -0.717. The van der Waals surface area contributed by atoms with Crippen molar-refractivity contribution in [3.8, 4) is 5.75 Å². The third kappa shape index (κ3) is 5.64. The number of ether oxygens (including phenoxy) is 1. The van der Waals surface area contributed by atoms with Gasteiger partial charge in [0, 0.05) is 25.6 Å². The van der Waals surface area contributed by atoms with Gasteiger partial charge in [-0.2, -0.15) is 0 Å². The van der Waals surface area contributed by atoms with Crippen molar-refractivity contribution < 1.29 is 24.2 Å². The lowest BCUT2D eigenvalue weighted by atomic mass is 10.1. The van der Waals surface area contributed by atoms with E-state index in [0.717, 1.165) is 0 Å². The van der Waals surface area contributed by atoms with E-state index in [4.69, 9.17) is 9.84 Å². The molecule has 1 amide bonds. The van der Waals surface area contributed by atoms with E-state index in [9.17, 15) is 14.4 Å². The maximum Gasteiger partial charge on any atom is 0.305 e. The van der Waals surface area contributed by atoms with E-state index in [1.165, 1.54) is 11.9 Å². The molecule has 0 aliphatic heterocycles. The highest BCUT2D eigenvalue weighted by molar-refractivity contribution is 5.95. The topological polar surface area (TPSA) is 83.9 Å². The molecule has 6 heteroatoms. The van der Waals surface area contributed by atoms with Crippen LogP contribution in [0, 0.1) is 0 Å². The fourth-order valence-corrected chi connectivity index (χ4v) is 1.58. The number of carbonyl (C=O) groups excluding carboxylic acids is 2. The van der Waals surface area contributed by atoms with Crippen LogP contribution >= 0.6 is 0 Å². The van der Waals surface area contributed by atoms with E-state index < -0.39 is 5.97 Å². The number of nitrogens with zero attached hydrogens (tertiary/aromatic N) is 1. The molecule has 6 nitrogen and oxygen atoms in total. The van der Waals surface area contributed by atoms with Gasteiger partial charge in [-0.3, -0.25) is 14.4 Å². The van der Waals surface area contributed by atoms with Gasteiger partial charge in [-0.15, -0.1) is 0 Å². The number of carboxylic acids is 1. The van der Waals surface area contributed by atoms with Crippen LogP contribution in [0.15, 0.2) is 24.3 Å². The molecular weight excluding hydrogens is 274 g/mol. The zero-order valence-corrected chi connectivity index (χ0v) is 12.2. The summed E-state index contributed by atoms with van der Waals surface area (Å²) in [6, 6.07) is 6.57. The van der Waals surface area contributed by atoms with Crippen molar-refractivity contribution in [1.29, 1.82) is 0 Å². The number of ketones is 1. The Morgan fingerprint density at radius 1 is 1.19 bits per heavy atom. The van der Waals surface area contributed by atoms with Crippen molar-refractivity contribution in [2.75, 3.05) is 20.2 Å². The molecule has 1 aromatic carbocycles. The average Bonchev–Trinajstić information content (AvgIpc) is 2.49. The maximum atomic E-state index is 11.7. The van der Waals surface area contributed by atoms with Crippen LogP contribution in [0.25, 0.3) is 0 Å². The van der Waals surface area contributed by atoms with Gasteiger partial charge >= 0.3 is 5.97 Å². The highest BCUT2D eigenvalue weighted by Gasteiger charge is 2.11. The Balaban J connectivity index is 2.45. The van der Waals surface area contributed by atoms with Gasteiger partial charge in [-0.25, -0.2) is 0 Å². The molecule has 0 fully saturated rings. The van der Waals surface area contributed by atoms with Crippen LogP contribution < -0.4 is 4.74 Å². The van der Waals surface area contributed by atoms with Gasteiger partial charge in [0.25, 0.3) is 5.91 Å². The van der Waals surface area contributed by atoms with E-state index in [1.807, 2.05) is 0 Å². The molecule has 0 atom stereocenters. The van der Waals surface area contributed by atoms with Gasteiger partial charge < -0.3 is 14.7 Å². The molecule has 21 heavy (non-hydrogen) atoms. The summed E-state index contributed by atoms with van der Waals surface area (Å²) in [7, 11) is 1.53. The molecule has 0 unspecified atom stereocenters. The molecule has 0 aromatic heterocycles. The molecule has 1 rings (SSSR count). The molecule has 0 radical (unpaired) electrons. The van der Waals surface area contributed by atoms with Crippen molar-refractivity contribution in [2.24, 2.45) is 0 Å². The molecule has 0 spiro atoms. The SMILES string of the molecule is CCC(=O)c1ccc(OCC(=O)N(C)CCC(=O)O)cc1. The van der Waals surface area contributed by atoms with Gasteiger partial charge in [-0.1, -0.05) is 6.92 Å². The Kier molecular flexibility index (Phi) is 6.39. The second-order valence-corrected chi connectivity index (χ2v) is 4.55. The summed E-state index contributed by atoms with van der Waals surface area (Å²) in [6.07, 6.45) is 0.336. The van der Waals surface area contributed by atoms with Crippen LogP contribution in [-0.2, 0) is 9.59 Å². The standard InChI is InChI=1S/C15H19NO5/c1-3-13(17)11-4-6-12(7-5-11)21-10-14(18)16(2)9-8-15(19)20/h4-7H,3,8-10H2,1-2H3,(H,19,20). The van der Waals surface area contributed by atoms with Crippen molar-refractivity contribution >= 4 is 17.7 Å². The molecule has 0 heterocycles. The van der Waals surface area contributed by atoms with Crippen LogP contribution in [0.1, 0.15) is 30.1 Å². The zero-order chi connectivity index (χ0) is 15.8. The summed E-state index contributed by atoms with van der Waals surface area (Å²) in [5.41, 5.74) is 0.606. The maximum absolute atomic E-state index is 11.7. The van der Waals surface area contributed by atoms with Gasteiger partial charge in [0.1, 0.15) is 5.75 Å². The predicted molar refractivity (Wildman–Crippen MR) is 76.4 cm³/mol. The Hall–Kier alpha value is -2.37. The molecule has 0 bridgehead atoms. The van der Waals surface area contributed by atoms with Gasteiger partial charge in [0.2, 0.25) is 0 Å². The summed E-state index contributed by atoms with van der Waals surface area (Å²) in [6.45, 7) is 1.76. The Morgan fingerprint density at radius 3 is 2.33 bits per heavy atom. The molecule has 0 saturated carbocycles. The molecular formula is C15H19NO5.